The minimum Gasteiger partial charge on any atom is -0.369 e. The Balaban J connectivity index is 1.94. The first-order valence-corrected chi connectivity index (χ1v) is 13.8. The van der Waals surface area contributed by atoms with Crippen LogP contribution >= 0.6 is 0 Å². The molecule has 1 saturated carbocycles. The Morgan fingerprint density at radius 2 is 1.79 bits per heavy atom. The van der Waals surface area contributed by atoms with Crippen LogP contribution in [0.1, 0.15) is 70.9 Å². The number of hydrogen-bond acceptors (Lipinski definition) is 4. The van der Waals surface area contributed by atoms with Crippen molar-refractivity contribution < 1.29 is 9.69 Å². The van der Waals surface area contributed by atoms with E-state index in [9.17, 15) is 9.59 Å². The van der Waals surface area contributed by atoms with Gasteiger partial charge in [-0.25, -0.2) is 0 Å². The molecular formula is C31H46N5O2+. The molecule has 7 nitrogen and oxygen atoms in total. The molecule has 1 amide bonds. The molecule has 1 heterocycles. The number of rotatable bonds is 8. The molecule has 38 heavy (non-hydrogen) atoms. The van der Waals surface area contributed by atoms with Crippen molar-refractivity contribution in [2.45, 2.75) is 72.0 Å². The number of aromatic nitrogens is 1. The zero-order chi connectivity index (χ0) is 28.0. The van der Waals surface area contributed by atoms with Gasteiger partial charge in [-0.05, 0) is 84.0 Å². The Kier molecular flexibility index (Phi) is 10.2. The Hall–Kier alpha value is -3.08. The van der Waals surface area contributed by atoms with Crippen molar-refractivity contribution in [3.63, 3.8) is 0 Å². The molecule has 1 aliphatic carbocycles. The van der Waals surface area contributed by atoms with Crippen molar-refractivity contribution in [1.82, 2.24) is 15.2 Å². The van der Waals surface area contributed by atoms with Gasteiger partial charge in [-0.1, -0.05) is 11.8 Å². The smallest absolute Gasteiger partial charge is 0.253 e. The van der Waals surface area contributed by atoms with Crippen molar-refractivity contribution in [1.29, 1.82) is 0 Å². The number of benzene rings is 1. The van der Waals surface area contributed by atoms with Crippen LogP contribution in [-0.2, 0) is 6.54 Å². The molecule has 7 heteroatoms. The predicted molar refractivity (Wildman–Crippen MR) is 156 cm³/mol. The average Bonchev–Trinajstić information content (AvgIpc) is 2.85. The highest BCUT2D eigenvalue weighted by Crippen LogP contribution is 2.32. The molecule has 3 N–H and O–H groups in total. The SMILES string of the molecule is CCN(c1cc(C#CCN(C)C)cc(C(=O)NCc2c(C)cc(C)[nH]c2=O)c1C)C1CCC([NH+](C)C)CC1. The summed E-state index contributed by atoms with van der Waals surface area (Å²) < 4.78 is 0. The molecule has 0 unspecified atom stereocenters. The second-order valence-electron chi connectivity index (χ2n) is 11.2. The molecular weight excluding hydrogens is 474 g/mol. The lowest BCUT2D eigenvalue weighted by Gasteiger charge is -2.39. The van der Waals surface area contributed by atoms with Crippen molar-refractivity contribution in [3.8, 4) is 11.8 Å². The molecule has 0 spiro atoms. The zero-order valence-corrected chi connectivity index (χ0v) is 24.5. The van der Waals surface area contributed by atoms with Crippen LogP contribution in [-0.4, -0.2) is 69.2 Å². The second kappa shape index (κ2) is 13.1. The van der Waals surface area contributed by atoms with Crippen LogP contribution in [0.2, 0.25) is 0 Å². The van der Waals surface area contributed by atoms with E-state index in [2.05, 4.69) is 54.1 Å². The van der Waals surface area contributed by atoms with Crippen LogP contribution in [0.25, 0.3) is 0 Å². The normalized spacial score (nSPS) is 17.3. The van der Waals surface area contributed by atoms with Gasteiger partial charge in [-0.2, -0.15) is 0 Å². The van der Waals surface area contributed by atoms with E-state index in [1.807, 2.05) is 51.9 Å². The van der Waals surface area contributed by atoms with Crippen molar-refractivity contribution in [2.24, 2.45) is 0 Å². The molecule has 1 aromatic heterocycles. The zero-order valence-electron chi connectivity index (χ0n) is 24.5. The number of H-pyrrole nitrogens is 1. The predicted octanol–water partition coefficient (Wildman–Crippen LogP) is 2.43. The number of nitrogens with zero attached hydrogens (tertiary/aromatic N) is 2. The Bertz CT molecular complexity index is 1240. The molecule has 3 rings (SSSR count). The number of aryl methyl sites for hydroxylation is 2. The van der Waals surface area contributed by atoms with Crippen LogP contribution in [0.5, 0.6) is 0 Å². The van der Waals surface area contributed by atoms with Gasteiger partial charge in [0, 0.05) is 60.0 Å². The molecule has 0 radical (unpaired) electrons. The molecule has 0 aliphatic heterocycles. The van der Waals surface area contributed by atoms with Gasteiger partial charge in [0.1, 0.15) is 0 Å². The highest BCUT2D eigenvalue weighted by Gasteiger charge is 2.29. The number of aromatic amines is 1. The lowest BCUT2D eigenvalue weighted by atomic mass is 9.88. The minimum atomic E-state index is -0.185. The third kappa shape index (κ3) is 7.27. The third-order valence-corrected chi connectivity index (χ3v) is 7.78. The second-order valence-corrected chi connectivity index (χ2v) is 11.2. The fraction of sp³-hybridized carbons (Fsp3) is 0.548. The number of quaternary nitrogens is 1. The quantitative estimate of drug-likeness (QED) is 0.468. The molecule has 0 atom stereocenters. The van der Waals surface area contributed by atoms with E-state index in [-0.39, 0.29) is 18.0 Å². The third-order valence-electron chi connectivity index (χ3n) is 7.78. The summed E-state index contributed by atoms with van der Waals surface area (Å²) in [6.07, 6.45) is 4.72. The summed E-state index contributed by atoms with van der Waals surface area (Å²) in [6.45, 7) is 9.69. The number of carbonyl (C=O) groups is 1. The minimum absolute atomic E-state index is 0.157. The molecule has 0 bridgehead atoms. The van der Waals surface area contributed by atoms with Crippen LogP contribution in [0.15, 0.2) is 23.0 Å². The maximum absolute atomic E-state index is 13.5. The maximum atomic E-state index is 13.5. The summed E-state index contributed by atoms with van der Waals surface area (Å²) in [6, 6.07) is 7.13. The molecule has 1 aliphatic rings. The molecule has 206 valence electrons. The lowest BCUT2D eigenvalue weighted by Crippen LogP contribution is -3.10. The molecule has 0 saturated heterocycles. The van der Waals surface area contributed by atoms with Gasteiger partial charge >= 0.3 is 0 Å². The maximum Gasteiger partial charge on any atom is 0.253 e. The highest BCUT2D eigenvalue weighted by molar-refractivity contribution is 5.97. The number of hydrogen-bond donors (Lipinski definition) is 3. The summed E-state index contributed by atoms with van der Waals surface area (Å²) in [5.74, 6) is 6.32. The lowest BCUT2D eigenvalue weighted by molar-refractivity contribution is -0.887. The Labute approximate surface area is 228 Å². The van der Waals surface area contributed by atoms with Gasteiger partial charge in [0.2, 0.25) is 0 Å². The van der Waals surface area contributed by atoms with E-state index in [1.165, 1.54) is 17.7 Å². The van der Waals surface area contributed by atoms with E-state index < -0.39 is 0 Å². The number of pyridine rings is 1. The number of carbonyl (C=O) groups excluding carboxylic acids is 1. The van der Waals surface area contributed by atoms with Crippen molar-refractivity contribution >= 4 is 11.6 Å². The van der Waals surface area contributed by atoms with Gasteiger partial charge in [0.15, 0.2) is 0 Å². The van der Waals surface area contributed by atoms with Gasteiger partial charge < -0.3 is 20.1 Å². The van der Waals surface area contributed by atoms with Crippen molar-refractivity contribution in [2.75, 3.05) is 46.2 Å². The van der Waals surface area contributed by atoms with Gasteiger partial charge in [-0.15, -0.1) is 0 Å². The van der Waals surface area contributed by atoms with E-state index in [0.29, 0.717) is 29.8 Å². The summed E-state index contributed by atoms with van der Waals surface area (Å²) in [5, 5.41) is 3.00. The highest BCUT2D eigenvalue weighted by atomic mass is 16.1. The number of anilines is 1. The molecule has 2 aromatic rings. The van der Waals surface area contributed by atoms with E-state index in [1.54, 1.807) is 0 Å². The largest absolute Gasteiger partial charge is 0.369 e. The van der Waals surface area contributed by atoms with Crippen LogP contribution in [0.3, 0.4) is 0 Å². The summed E-state index contributed by atoms with van der Waals surface area (Å²) in [5.41, 5.74) is 5.60. The topological polar surface area (TPSA) is 72.9 Å². The van der Waals surface area contributed by atoms with Gasteiger partial charge in [0.05, 0.1) is 26.7 Å². The Morgan fingerprint density at radius 1 is 1.11 bits per heavy atom. The van der Waals surface area contributed by atoms with Gasteiger partial charge in [-0.3, -0.25) is 14.5 Å². The van der Waals surface area contributed by atoms with Crippen molar-refractivity contribution in [3.05, 3.63) is 62.1 Å². The average molecular weight is 521 g/mol. The first kappa shape index (κ1) is 29.5. The van der Waals surface area contributed by atoms with Crippen LogP contribution < -0.4 is 20.7 Å². The monoisotopic (exact) mass is 520 g/mol. The van der Waals surface area contributed by atoms with Gasteiger partial charge in [0.25, 0.3) is 11.5 Å². The number of amides is 1. The number of nitrogens with one attached hydrogen (secondary N) is 3. The first-order chi connectivity index (χ1) is 18.0. The molecule has 1 fully saturated rings. The summed E-state index contributed by atoms with van der Waals surface area (Å²) in [4.78, 5) is 34.9. The Morgan fingerprint density at radius 3 is 2.37 bits per heavy atom. The summed E-state index contributed by atoms with van der Waals surface area (Å²) >= 11 is 0. The molecule has 1 aromatic carbocycles. The fourth-order valence-corrected chi connectivity index (χ4v) is 5.56. The van der Waals surface area contributed by atoms with Crippen LogP contribution in [0.4, 0.5) is 5.69 Å². The first-order valence-electron chi connectivity index (χ1n) is 13.8. The van der Waals surface area contributed by atoms with E-state index >= 15 is 0 Å². The summed E-state index contributed by atoms with van der Waals surface area (Å²) in [7, 11) is 8.49. The fourth-order valence-electron chi connectivity index (χ4n) is 5.56. The van der Waals surface area contributed by atoms with E-state index in [4.69, 9.17) is 0 Å². The van der Waals surface area contributed by atoms with Crippen LogP contribution in [0, 0.1) is 32.6 Å². The van der Waals surface area contributed by atoms with E-state index in [0.717, 1.165) is 47.5 Å². The standard InChI is InChI=1S/C31H45N5O2/c1-9-36(26-14-12-25(13-15-26)35(7)8)29-19-24(11-10-16-34(5)6)18-27(23(29)4)30(37)32-20-28-21(2)17-22(3)33-31(28)38/h17-19,25-26H,9,12-16,20H2,1-8H3,(H,32,37)(H,33,38)/p+1.